The van der Waals surface area contributed by atoms with Gasteiger partial charge in [-0.3, -0.25) is 9.48 Å². The van der Waals surface area contributed by atoms with Crippen molar-refractivity contribution < 1.29 is 4.79 Å². The molecule has 0 N–H and O–H groups in total. The molecule has 0 aliphatic carbocycles. The van der Waals surface area contributed by atoms with Gasteiger partial charge in [0.05, 0.1) is 18.3 Å². The van der Waals surface area contributed by atoms with Gasteiger partial charge in [0.15, 0.2) is 0 Å². The first-order valence-electron chi connectivity index (χ1n) is 4.00. The van der Waals surface area contributed by atoms with Crippen LogP contribution in [0.3, 0.4) is 0 Å². The van der Waals surface area contributed by atoms with E-state index in [4.69, 9.17) is 0 Å². The molecule has 0 fully saturated rings. The van der Waals surface area contributed by atoms with Gasteiger partial charge in [-0.25, -0.2) is 5.01 Å². The van der Waals surface area contributed by atoms with Crippen LogP contribution in [0.15, 0.2) is 17.5 Å². The second-order valence-electron chi connectivity index (χ2n) is 3.04. The average Bonchev–Trinajstić information content (AvgIpc) is 2.61. The molecule has 0 atom stereocenters. The Morgan fingerprint density at radius 1 is 1.46 bits per heavy atom. The molecule has 2 rings (SSSR count). The van der Waals surface area contributed by atoms with Crippen LogP contribution in [0.5, 0.6) is 0 Å². The molecule has 0 unspecified atom stereocenters. The normalized spacial score (nSPS) is 16.6. The first-order valence-corrected chi connectivity index (χ1v) is 4.00. The Labute approximate surface area is 75.6 Å². The minimum Gasteiger partial charge on any atom is -0.275 e. The highest BCUT2D eigenvalue weighted by Crippen LogP contribution is 2.12. The molecule has 0 saturated heterocycles. The molecule has 0 spiro atoms. The Morgan fingerprint density at radius 3 is 2.69 bits per heavy atom. The van der Waals surface area contributed by atoms with E-state index in [9.17, 15) is 4.79 Å². The largest absolute Gasteiger partial charge is 0.275 e. The number of carbonyl (C=O) groups is 1. The van der Waals surface area contributed by atoms with Gasteiger partial charge in [-0.1, -0.05) is 0 Å². The summed E-state index contributed by atoms with van der Waals surface area (Å²) in [6.07, 6.45) is 3.94. The first kappa shape index (κ1) is 7.97. The Morgan fingerprint density at radius 2 is 2.23 bits per heavy atom. The van der Waals surface area contributed by atoms with Crippen LogP contribution in [-0.2, 0) is 11.8 Å². The van der Waals surface area contributed by atoms with Crippen LogP contribution in [0.1, 0.15) is 12.0 Å². The van der Waals surface area contributed by atoms with Crippen LogP contribution in [0.2, 0.25) is 0 Å². The average molecular weight is 178 g/mol. The fourth-order valence-corrected chi connectivity index (χ4v) is 1.26. The molecular weight excluding hydrogens is 168 g/mol. The lowest BCUT2D eigenvalue weighted by atomic mass is 10.2. The number of nitrogens with zero attached hydrogens (tertiary/aromatic N) is 4. The van der Waals surface area contributed by atoms with Gasteiger partial charge in [0.25, 0.3) is 0 Å². The lowest BCUT2D eigenvalue weighted by Crippen LogP contribution is -2.14. The van der Waals surface area contributed by atoms with E-state index in [1.165, 1.54) is 5.01 Å². The molecule has 68 valence electrons. The topological polar surface area (TPSA) is 50.5 Å². The van der Waals surface area contributed by atoms with E-state index in [0.29, 0.717) is 6.42 Å². The SMILES string of the molecule is CN1N=C(c2cnn(C)c2)CC1=O. The summed E-state index contributed by atoms with van der Waals surface area (Å²) in [6.45, 7) is 0. The number of hydrogen-bond donors (Lipinski definition) is 0. The standard InChI is InChI=1S/C8H10N4O/c1-11-5-6(4-9-11)7-3-8(13)12(2)10-7/h4-5H,3H2,1-2H3. The monoisotopic (exact) mass is 178 g/mol. The van der Waals surface area contributed by atoms with Crippen LogP contribution in [0.4, 0.5) is 0 Å². The summed E-state index contributed by atoms with van der Waals surface area (Å²) in [5.74, 6) is 0.0267. The minimum absolute atomic E-state index is 0.0267. The number of carbonyl (C=O) groups excluding carboxylic acids is 1. The zero-order chi connectivity index (χ0) is 9.42. The number of hydrazone groups is 1. The van der Waals surface area contributed by atoms with Crippen LogP contribution in [0.25, 0.3) is 0 Å². The van der Waals surface area contributed by atoms with E-state index in [1.807, 2.05) is 13.2 Å². The Bertz CT molecular complexity index is 379. The number of rotatable bonds is 1. The fourth-order valence-electron chi connectivity index (χ4n) is 1.26. The molecule has 1 aliphatic heterocycles. The quantitative estimate of drug-likeness (QED) is 0.607. The maximum absolute atomic E-state index is 11.1. The molecule has 13 heavy (non-hydrogen) atoms. The summed E-state index contributed by atoms with van der Waals surface area (Å²) in [5.41, 5.74) is 1.71. The zero-order valence-corrected chi connectivity index (χ0v) is 7.56. The van der Waals surface area contributed by atoms with Crippen LogP contribution >= 0.6 is 0 Å². The van der Waals surface area contributed by atoms with Crippen molar-refractivity contribution in [3.63, 3.8) is 0 Å². The summed E-state index contributed by atoms with van der Waals surface area (Å²) in [6, 6.07) is 0. The van der Waals surface area contributed by atoms with Gasteiger partial charge >= 0.3 is 0 Å². The van der Waals surface area contributed by atoms with Gasteiger partial charge in [0.1, 0.15) is 0 Å². The van der Waals surface area contributed by atoms with Crippen LogP contribution in [0, 0.1) is 0 Å². The predicted octanol–water partition coefficient (Wildman–Crippen LogP) is -0.0137. The third-order valence-electron chi connectivity index (χ3n) is 1.99. The van der Waals surface area contributed by atoms with Crippen molar-refractivity contribution in [3.05, 3.63) is 18.0 Å². The van der Waals surface area contributed by atoms with E-state index in [2.05, 4.69) is 10.2 Å². The highest BCUT2D eigenvalue weighted by Gasteiger charge is 2.21. The van der Waals surface area contributed by atoms with Gasteiger partial charge in [0, 0.05) is 25.9 Å². The maximum atomic E-state index is 11.1. The van der Waals surface area contributed by atoms with Crippen molar-refractivity contribution in [1.82, 2.24) is 14.8 Å². The van der Waals surface area contributed by atoms with E-state index < -0.39 is 0 Å². The molecular formula is C8H10N4O. The zero-order valence-electron chi connectivity index (χ0n) is 7.56. The summed E-state index contributed by atoms with van der Waals surface area (Å²) >= 11 is 0. The molecule has 1 aromatic rings. The summed E-state index contributed by atoms with van der Waals surface area (Å²) in [7, 11) is 3.50. The lowest BCUT2D eigenvalue weighted by Gasteiger charge is -1.98. The first-order chi connectivity index (χ1) is 6.16. The summed E-state index contributed by atoms with van der Waals surface area (Å²) in [5, 5.41) is 9.48. The van der Waals surface area contributed by atoms with E-state index >= 15 is 0 Å². The van der Waals surface area contributed by atoms with Gasteiger partial charge in [-0.05, 0) is 0 Å². The smallest absolute Gasteiger partial charge is 0.248 e. The molecule has 0 saturated carbocycles. The molecule has 1 aromatic heterocycles. The van der Waals surface area contributed by atoms with Crippen LogP contribution < -0.4 is 0 Å². The third-order valence-corrected chi connectivity index (χ3v) is 1.99. The highest BCUT2D eigenvalue weighted by molar-refractivity contribution is 6.13. The molecule has 1 aliphatic rings. The van der Waals surface area contributed by atoms with E-state index in [0.717, 1.165) is 11.3 Å². The Hall–Kier alpha value is -1.65. The Balaban J connectivity index is 2.29. The minimum atomic E-state index is 0.0267. The van der Waals surface area contributed by atoms with Gasteiger partial charge < -0.3 is 0 Å². The number of hydrogen-bond acceptors (Lipinski definition) is 3. The second-order valence-corrected chi connectivity index (χ2v) is 3.04. The van der Waals surface area contributed by atoms with Crippen molar-refractivity contribution in [2.45, 2.75) is 6.42 Å². The lowest BCUT2D eigenvalue weighted by molar-refractivity contribution is -0.127. The highest BCUT2D eigenvalue weighted by atomic mass is 16.2. The summed E-state index contributed by atoms with van der Waals surface area (Å²) < 4.78 is 1.70. The molecule has 0 radical (unpaired) electrons. The third kappa shape index (κ3) is 1.32. The van der Waals surface area contributed by atoms with Crippen LogP contribution in [-0.4, -0.2) is 33.5 Å². The molecule has 1 amide bonds. The molecule has 5 nitrogen and oxygen atoms in total. The molecule has 0 aromatic carbocycles. The van der Waals surface area contributed by atoms with Gasteiger partial charge in [-0.15, -0.1) is 0 Å². The Kier molecular flexibility index (Phi) is 1.65. The number of amides is 1. The van der Waals surface area contributed by atoms with E-state index in [-0.39, 0.29) is 5.91 Å². The van der Waals surface area contributed by atoms with Crippen molar-refractivity contribution in [2.75, 3.05) is 7.05 Å². The molecule has 2 heterocycles. The molecule has 5 heteroatoms. The van der Waals surface area contributed by atoms with E-state index in [1.54, 1.807) is 17.9 Å². The van der Waals surface area contributed by atoms with Gasteiger partial charge in [0.2, 0.25) is 5.91 Å². The van der Waals surface area contributed by atoms with Crippen molar-refractivity contribution in [2.24, 2.45) is 12.1 Å². The second kappa shape index (κ2) is 2.69. The van der Waals surface area contributed by atoms with Crippen molar-refractivity contribution in [1.29, 1.82) is 0 Å². The number of aryl methyl sites for hydroxylation is 1. The predicted molar refractivity (Wildman–Crippen MR) is 47.1 cm³/mol. The fraction of sp³-hybridized carbons (Fsp3) is 0.375. The molecule has 0 bridgehead atoms. The number of aromatic nitrogens is 2. The maximum Gasteiger partial charge on any atom is 0.248 e. The van der Waals surface area contributed by atoms with Crippen molar-refractivity contribution >= 4 is 11.6 Å². The van der Waals surface area contributed by atoms with Crippen molar-refractivity contribution in [3.8, 4) is 0 Å². The summed E-state index contributed by atoms with van der Waals surface area (Å²) in [4.78, 5) is 11.1. The van der Waals surface area contributed by atoms with Gasteiger partial charge in [-0.2, -0.15) is 10.2 Å².